The predicted molar refractivity (Wildman–Crippen MR) is 98.0 cm³/mol. The number of carboxylic acid groups (broad SMARTS) is 1. The molecule has 0 saturated heterocycles. The number of hydrogen-bond donors (Lipinski definition) is 3. The van der Waals surface area contributed by atoms with Crippen LogP contribution in [0.2, 0.25) is 0 Å². The van der Waals surface area contributed by atoms with Gasteiger partial charge in [0, 0.05) is 12.6 Å². The monoisotopic (exact) mass is 358 g/mol. The molecule has 0 aliphatic rings. The van der Waals surface area contributed by atoms with Gasteiger partial charge in [0.1, 0.15) is 11.5 Å². The van der Waals surface area contributed by atoms with Gasteiger partial charge in [0.25, 0.3) is 0 Å². The predicted octanol–water partition coefficient (Wildman–Crippen LogP) is 3.50. The molecule has 26 heavy (non-hydrogen) atoms. The lowest BCUT2D eigenvalue weighted by Gasteiger charge is -2.14. The third kappa shape index (κ3) is 5.41. The summed E-state index contributed by atoms with van der Waals surface area (Å²) < 4.78 is 11.0. The van der Waals surface area contributed by atoms with Crippen LogP contribution in [0.3, 0.4) is 0 Å². The maximum absolute atomic E-state index is 12.2. The molecule has 138 valence electrons. The summed E-state index contributed by atoms with van der Waals surface area (Å²) in [6, 6.07) is 11.1. The van der Waals surface area contributed by atoms with E-state index in [9.17, 15) is 9.59 Å². The number of benzene rings is 2. The lowest BCUT2D eigenvalue weighted by molar-refractivity contribution is 0.0697. The molecule has 2 rings (SSSR count). The smallest absolute Gasteiger partial charge is 0.335 e. The summed E-state index contributed by atoms with van der Waals surface area (Å²) in [7, 11) is 0. The molecule has 0 aliphatic heterocycles. The molecule has 7 nitrogen and oxygen atoms in total. The number of nitrogens with one attached hydrogen (secondary N) is 2. The topological polar surface area (TPSA) is 96.9 Å². The van der Waals surface area contributed by atoms with Crippen molar-refractivity contribution < 1.29 is 24.2 Å². The standard InChI is InChI=1S/C19H22N2O5/c1-3-25-15-9-10-17(26-4-2)16(11-15)21-19(24)20-12-13-5-7-14(8-6-13)18(22)23/h5-11H,3-4,12H2,1-2H3,(H,22,23)(H2,20,21,24). The molecule has 3 N–H and O–H groups in total. The van der Waals surface area contributed by atoms with E-state index in [4.69, 9.17) is 14.6 Å². The third-order valence-corrected chi connectivity index (χ3v) is 3.46. The number of urea groups is 1. The van der Waals surface area contributed by atoms with Crippen LogP contribution in [0.5, 0.6) is 11.5 Å². The van der Waals surface area contributed by atoms with Crippen LogP contribution in [0.15, 0.2) is 42.5 Å². The van der Waals surface area contributed by atoms with Crippen molar-refractivity contribution >= 4 is 17.7 Å². The van der Waals surface area contributed by atoms with Gasteiger partial charge in [-0.25, -0.2) is 9.59 Å². The second kappa shape index (κ2) is 9.31. The van der Waals surface area contributed by atoms with Crippen molar-refractivity contribution in [3.63, 3.8) is 0 Å². The summed E-state index contributed by atoms with van der Waals surface area (Å²) in [5.41, 5.74) is 1.50. The molecular formula is C19H22N2O5. The molecular weight excluding hydrogens is 336 g/mol. The molecule has 0 atom stereocenters. The number of ether oxygens (including phenoxy) is 2. The maximum Gasteiger partial charge on any atom is 0.335 e. The minimum Gasteiger partial charge on any atom is -0.494 e. The average molecular weight is 358 g/mol. The minimum atomic E-state index is -0.986. The zero-order chi connectivity index (χ0) is 18.9. The Hall–Kier alpha value is -3.22. The first kappa shape index (κ1) is 19.1. The lowest BCUT2D eigenvalue weighted by Crippen LogP contribution is -2.28. The van der Waals surface area contributed by atoms with Gasteiger partial charge in [-0.1, -0.05) is 12.1 Å². The molecule has 2 aromatic carbocycles. The molecule has 0 saturated carbocycles. The first-order chi connectivity index (χ1) is 12.5. The molecule has 0 radical (unpaired) electrons. The summed E-state index contributed by atoms with van der Waals surface area (Å²) in [5.74, 6) is 0.201. The number of hydrogen-bond acceptors (Lipinski definition) is 4. The largest absolute Gasteiger partial charge is 0.494 e. The highest BCUT2D eigenvalue weighted by Gasteiger charge is 2.10. The third-order valence-electron chi connectivity index (χ3n) is 3.46. The highest BCUT2D eigenvalue weighted by atomic mass is 16.5. The molecule has 2 aromatic rings. The fourth-order valence-electron chi connectivity index (χ4n) is 2.26. The van der Waals surface area contributed by atoms with E-state index in [0.29, 0.717) is 30.4 Å². The van der Waals surface area contributed by atoms with Crippen LogP contribution in [-0.2, 0) is 6.54 Å². The Morgan fingerprint density at radius 2 is 1.69 bits per heavy atom. The van der Waals surface area contributed by atoms with E-state index in [2.05, 4.69) is 10.6 Å². The van der Waals surface area contributed by atoms with Crippen LogP contribution in [-0.4, -0.2) is 30.3 Å². The van der Waals surface area contributed by atoms with Gasteiger partial charge >= 0.3 is 12.0 Å². The van der Waals surface area contributed by atoms with Gasteiger partial charge in [-0.05, 0) is 43.7 Å². The SMILES string of the molecule is CCOc1ccc(OCC)c(NC(=O)NCc2ccc(C(=O)O)cc2)c1. The van der Waals surface area contributed by atoms with Gasteiger partial charge in [-0.15, -0.1) is 0 Å². The fourth-order valence-corrected chi connectivity index (χ4v) is 2.26. The number of anilines is 1. The number of carbonyl (C=O) groups is 2. The van der Waals surface area contributed by atoms with Crippen molar-refractivity contribution in [2.75, 3.05) is 18.5 Å². The molecule has 0 aliphatic carbocycles. The molecule has 0 heterocycles. The first-order valence-corrected chi connectivity index (χ1v) is 8.30. The highest BCUT2D eigenvalue weighted by molar-refractivity contribution is 5.91. The quantitative estimate of drug-likeness (QED) is 0.671. The number of carbonyl (C=O) groups excluding carboxylic acids is 1. The Kier molecular flexibility index (Phi) is 6.84. The number of carboxylic acids is 1. The van der Waals surface area contributed by atoms with Crippen molar-refractivity contribution in [3.05, 3.63) is 53.6 Å². The van der Waals surface area contributed by atoms with Crippen molar-refractivity contribution in [1.29, 1.82) is 0 Å². The van der Waals surface area contributed by atoms with Crippen molar-refractivity contribution in [1.82, 2.24) is 5.32 Å². The zero-order valence-corrected chi connectivity index (χ0v) is 14.7. The van der Waals surface area contributed by atoms with Crippen LogP contribution in [0.1, 0.15) is 29.8 Å². The van der Waals surface area contributed by atoms with E-state index in [0.717, 1.165) is 5.56 Å². The van der Waals surface area contributed by atoms with E-state index in [1.807, 2.05) is 13.8 Å². The van der Waals surface area contributed by atoms with Gasteiger partial charge in [0.2, 0.25) is 0 Å². The van der Waals surface area contributed by atoms with Gasteiger partial charge in [0.05, 0.1) is 24.5 Å². The van der Waals surface area contributed by atoms with Gasteiger partial charge < -0.3 is 25.2 Å². The molecule has 0 aromatic heterocycles. The lowest BCUT2D eigenvalue weighted by atomic mass is 10.1. The summed E-state index contributed by atoms with van der Waals surface area (Å²) in [6.07, 6.45) is 0. The van der Waals surface area contributed by atoms with Crippen LogP contribution in [0, 0.1) is 0 Å². The molecule has 0 unspecified atom stereocenters. The van der Waals surface area contributed by atoms with E-state index in [-0.39, 0.29) is 12.1 Å². The molecule has 7 heteroatoms. The second-order valence-corrected chi connectivity index (χ2v) is 5.33. The number of rotatable bonds is 8. The Morgan fingerprint density at radius 1 is 1.00 bits per heavy atom. The maximum atomic E-state index is 12.2. The van der Waals surface area contributed by atoms with E-state index < -0.39 is 12.0 Å². The van der Waals surface area contributed by atoms with Gasteiger partial charge in [-0.3, -0.25) is 0 Å². The highest BCUT2D eigenvalue weighted by Crippen LogP contribution is 2.29. The summed E-state index contributed by atoms with van der Waals surface area (Å²) in [6.45, 7) is 5.00. The van der Waals surface area contributed by atoms with Crippen LogP contribution in [0.4, 0.5) is 10.5 Å². The van der Waals surface area contributed by atoms with Crippen molar-refractivity contribution in [2.24, 2.45) is 0 Å². The summed E-state index contributed by atoms with van der Waals surface area (Å²) in [4.78, 5) is 23.0. The summed E-state index contributed by atoms with van der Waals surface area (Å²) in [5, 5.41) is 14.4. The first-order valence-electron chi connectivity index (χ1n) is 8.30. The Bertz CT molecular complexity index is 759. The van der Waals surface area contributed by atoms with E-state index in [1.165, 1.54) is 12.1 Å². The van der Waals surface area contributed by atoms with Crippen molar-refractivity contribution in [3.8, 4) is 11.5 Å². The molecule has 0 fully saturated rings. The Balaban J connectivity index is 1.99. The summed E-state index contributed by atoms with van der Waals surface area (Å²) >= 11 is 0. The zero-order valence-electron chi connectivity index (χ0n) is 14.7. The second-order valence-electron chi connectivity index (χ2n) is 5.33. The van der Waals surface area contributed by atoms with E-state index >= 15 is 0 Å². The fraction of sp³-hybridized carbons (Fsp3) is 0.263. The normalized spacial score (nSPS) is 10.1. The van der Waals surface area contributed by atoms with Crippen LogP contribution < -0.4 is 20.1 Å². The number of aromatic carboxylic acids is 1. The van der Waals surface area contributed by atoms with Gasteiger partial charge in [0.15, 0.2) is 0 Å². The van der Waals surface area contributed by atoms with Crippen LogP contribution >= 0.6 is 0 Å². The van der Waals surface area contributed by atoms with Crippen LogP contribution in [0.25, 0.3) is 0 Å². The Labute approximate surface area is 151 Å². The van der Waals surface area contributed by atoms with E-state index in [1.54, 1.807) is 30.3 Å². The number of amides is 2. The van der Waals surface area contributed by atoms with Gasteiger partial charge in [-0.2, -0.15) is 0 Å². The minimum absolute atomic E-state index is 0.201. The Morgan fingerprint density at radius 3 is 2.31 bits per heavy atom. The van der Waals surface area contributed by atoms with Crippen molar-refractivity contribution in [2.45, 2.75) is 20.4 Å². The molecule has 0 spiro atoms. The average Bonchev–Trinajstić information content (AvgIpc) is 2.63. The molecule has 2 amide bonds. The molecule has 0 bridgehead atoms.